The van der Waals surface area contributed by atoms with Gasteiger partial charge in [0, 0.05) is 24.8 Å². The lowest BCUT2D eigenvalue weighted by atomic mass is 10.2. The maximum atomic E-state index is 12.2. The minimum atomic E-state index is -0.323. The molecular weight excluding hydrogens is 306 g/mol. The number of carbonyl (C=O) groups is 2. The molecule has 1 aromatic heterocycles. The Balaban J connectivity index is 1.97. The maximum Gasteiger partial charge on any atom is 0.270 e. The summed E-state index contributed by atoms with van der Waals surface area (Å²) in [4.78, 5) is 28.2. The molecule has 6 heteroatoms. The Hall–Kier alpha value is -2.89. The number of nitrogens with zero attached hydrogens (tertiary/aromatic N) is 1. The van der Waals surface area contributed by atoms with Gasteiger partial charge in [-0.25, -0.2) is 0 Å². The Morgan fingerprint density at radius 3 is 2.50 bits per heavy atom. The van der Waals surface area contributed by atoms with Crippen molar-refractivity contribution in [3.8, 4) is 5.75 Å². The van der Waals surface area contributed by atoms with E-state index in [0.29, 0.717) is 18.7 Å². The minimum Gasteiger partial charge on any atom is -0.497 e. The number of aromatic nitrogens is 1. The fourth-order valence-corrected chi connectivity index (χ4v) is 2.05. The van der Waals surface area contributed by atoms with Crippen LogP contribution in [0.3, 0.4) is 0 Å². The number of nitrogens with one attached hydrogen (secondary N) is 2. The summed E-state index contributed by atoms with van der Waals surface area (Å²) in [6.45, 7) is 2.95. The smallest absolute Gasteiger partial charge is 0.270 e. The average molecular weight is 327 g/mol. The van der Waals surface area contributed by atoms with Crippen molar-refractivity contribution in [3.63, 3.8) is 0 Å². The van der Waals surface area contributed by atoms with Crippen LogP contribution in [0.1, 0.15) is 39.8 Å². The van der Waals surface area contributed by atoms with Gasteiger partial charge < -0.3 is 15.4 Å². The molecule has 2 rings (SSSR count). The predicted octanol–water partition coefficient (Wildman–Crippen LogP) is 2.16. The van der Waals surface area contributed by atoms with E-state index in [1.54, 1.807) is 13.2 Å². The van der Waals surface area contributed by atoms with Gasteiger partial charge in [-0.1, -0.05) is 19.1 Å². The van der Waals surface area contributed by atoms with E-state index in [0.717, 1.165) is 17.7 Å². The zero-order valence-electron chi connectivity index (χ0n) is 13.8. The van der Waals surface area contributed by atoms with Crippen LogP contribution in [-0.4, -0.2) is 30.5 Å². The SMILES string of the molecule is CCCNC(=O)c1ccnc(C(=O)NCc2ccc(OC)cc2)c1. The van der Waals surface area contributed by atoms with Crippen LogP contribution in [0.25, 0.3) is 0 Å². The second-order valence-electron chi connectivity index (χ2n) is 5.22. The number of ether oxygens (including phenoxy) is 1. The summed E-state index contributed by atoms with van der Waals surface area (Å²) < 4.78 is 5.09. The topological polar surface area (TPSA) is 80.3 Å². The molecule has 2 aromatic rings. The molecule has 24 heavy (non-hydrogen) atoms. The quantitative estimate of drug-likeness (QED) is 0.816. The summed E-state index contributed by atoms with van der Waals surface area (Å²) in [7, 11) is 1.60. The summed E-state index contributed by atoms with van der Waals surface area (Å²) in [5.74, 6) is 0.233. The number of pyridine rings is 1. The number of amides is 2. The first-order valence-corrected chi connectivity index (χ1v) is 7.79. The first-order chi connectivity index (χ1) is 11.6. The van der Waals surface area contributed by atoms with Crippen molar-refractivity contribution < 1.29 is 14.3 Å². The lowest BCUT2D eigenvalue weighted by molar-refractivity contribution is 0.0946. The molecule has 0 radical (unpaired) electrons. The van der Waals surface area contributed by atoms with Crippen molar-refractivity contribution in [1.82, 2.24) is 15.6 Å². The Bertz CT molecular complexity index is 699. The van der Waals surface area contributed by atoms with E-state index in [4.69, 9.17) is 4.74 Å². The van der Waals surface area contributed by atoms with Gasteiger partial charge in [0.25, 0.3) is 11.8 Å². The van der Waals surface area contributed by atoms with Gasteiger partial charge in [-0.2, -0.15) is 0 Å². The maximum absolute atomic E-state index is 12.2. The van der Waals surface area contributed by atoms with Gasteiger partial charge in [0.15, 0.2) is 0 Å². The Morgan fingerprint density at radius 2 is 1.83 bits per heavy atom. The number of hydrogen-bond donors (Lipinski definition) is 2. The molecule has 2 amide bonds. The molecule has 0 bridgehead atoms. The standard InChI is InChI=1S/C18H21N3O3/c1-3-9-20-17(22)14-8-10-19-16(11-14)18(23)21-12-13-4-6-15(24-2)7-5-13/h4-8,10-11H,3,9,12H2,1-2H3,(H,20,22)(H,21,23). The summed E-state index contributed by atoms with van der Waals surface area (Å²) in [5.41, 5.74) is 1.58. The van der Waals surface area contributed by atoms with E-state index in [1.807, 2.05) is 31.2 Å². The highest BCUT2D eigenvalue weighted by Crippen LogP contribution is 2.11. The monoisotopic (exact) mass is 327 g/mol. The van der Waals surface area contributed by atoms with Crippen molar-refractivity contribution in [2.75, 3.05) is 13.7 Å². The second kappa shape index (κ2) is 8.67. The van der Waals surface area contributed by atoms with Gasteiger partial charge in [0.1, 0.15) is 11.4 Å². The molecule has 2 N–H and O–H groups in total. The van der Waals surface area contributed by atoms with Crippen LogP contribution in [-0.2, 0) is 6.54 Å². The molecule has 0 unspecified atom stereocenters. The van der Waals surface area contributed by atoms with Gasteiger partial charge in [-0.3, -0.25) is 14.6 Å². The van der Waals surface area contributed by atoms with Gasteiger partial charge >= 0.3 is 0 Å². The van der Waals surface area contributed by atoms with Crippen LogP contribution >= 0.6 is 0 Å². The molecule has 0 saturated carbocycles. The van der Waals surface area contributed by atoms with E-state index in [-0.39, 0.29) is 17.5 Å². The molecule has 126 valence electrons. The Labute approximate surface area is 141 Å². The Kier molecular flexibility index (Phi) is 6.31. The highest BCUT2D eigenvalue weighted by atomic mass is 16.5. The van der Waals surface area contributed by atoms with E-state index in [2.05, 4.69) is 15.6 Å². The van der Waals surface area contributed by atoms with Crippen LogP contribution in [0.5, 0.6) is 5.75 Å². The third-order valence-electron chi connectivity index (χ3n) is 3.40. The number of benzene rings is 1. The molecule has 1 aromatic carbocycles. The van der Waals surface area contributed by atoms with Crippen LogP contribution < -0.4 is 15.4 Å². The molecule has 0 aliphatic rings. The van der Waals surface area contributed by atoms with Crippen LogP contribution in [0.2, 0.25) is 0 Å². The number of methoxy groups -OCH3 is 1. The van der Waals surface area contributed by atoms with Crippen molar-refractivity contribution >= 4 is 11.8 Å². The lowest BCUT2D eigenvalue weighted by Crippen LogP contribution is -2.26. The first-order valence-electron chi connectivity index (χ1n) is 7.79. The molecule has 0 aliphatic carbocycles. The zero-order valence-corrected chi connectivity index (χ0v) is 13.8. The lowest BCUT2D eigenvalue weighted by Gasteiger charge is -2.07. The van der Waals surface area contributed by atoms with Crippen LogP contribution in [0.4, 0.5) is 0 Å². The largest absolute Gasteiger partial charge is 0.497 e. The summed E-state index contributed by atoms with van der Waals surface area (Å²) in [5, 5.41) is 5.56. The normalized spacial score (nSPS) is 10.1. The average Bonchev–Trinajstić information content (AvgIpc) is 2.64. The molecule has 0 aliphatic heterocycles. The zero-order chi connectivity index (χ0) is 17.4. The molecular formula is C18H21N3O3. The molecule has 0 fully saturated rings. The van der Waals surface area contributed by atoms with Crippen molar-refractivity contribution in [3.05, 3.63) is 59.4 Å². The predicted molar refractivity (Wildman–Crippen MR) is 91.0 cm³/mol. The molecule has 6 nitrogen and oxygen atoms in total. The molecule has 0 atom stereocenters. The highest BCUT2D eigenvalue weighted by molar-refractivity contribution is 5.98. The number of hydrogen-bond acceptors (Lipinski definition) is 4. The minimum absolute atomic E-state index is 0.205. The van der Waals surface area contributed by atoms with Gasteiger partial charge in [0.2, 0.25) is 0 Å². The van der Waals surface area contributed by atoms with E-state index in [9.17, 15) is 9.59 Å². The molecule has 1 heterocycles. The summed E-state index contributed by atoms with van der Waals surface area (Å²) in [6, 6.07) is 10.5. The second-order valence-corrected chi connectivity index (χ2v) is 5.22. The third-order valence-corrected chi connectivity index (χ3v) is 3.40. The molecule has 0 saturated heterocycles. The highest BCUT2D eigenvalue weighted by Gasteiger charge is 2.11. The fourth-order valence-electron chi connectivity index (χ4n) is 2.05. The van der Waals surface area contributed by atoms with E-state index >= 15 is 0 Å². The van der Waals surface area contributed by atoms with Crippen molar-refractivity contribution in [1.29, 1.82) is 0 Å². The summed E-state index contributed by atoms with van der Waals surface area (Å²) >= 11 is 0. The Morgan fingerprint density at radius 1 is 1.08 bits per heavy atom. The fraction of sp³-hybridized carbons (Fsp3) is 0.278. The van der Waals surface area contributed by atoms with Gasteiger partial charge in [-0.15, -0.1) is 0 Å². The van der Waals surface area contributed by atoms with Crippen molar-refractivity contribution in [2.45, 2.75) is 19.9 Å². The third kappa shape index (κ3) is 4.81. The van der Waals surface area contributed by atoms with Gasteiger partial charge in [-0.05, 0) is 36.2 Å². The summed E-state index contributed by atoms with van der Waals surface area (Å²) in [6.07, 6.45) is 2.31. The first kappa shape index (κ1) is 17.5. The van der Waals surface area contributed by atoms with Crippen molar-refractivity contribution in [2.24, 2.45) is 0 Å². The van der Waals surface area contributed by atoms with Crippen LogP contribution in [0.15, 0.2) is 42.6 Å². The van der Waals surface area contributed by atoms with Gasteiger partial charge in [0.05, 0.1) is 7.11 Å². The van der Waals surface area contributed by atoms with E-state index < -0.39 is 0 Å². The molecule has 0 spiro atoms. The van der Waals surface area contributed by atoms with E-state index in [1.165, 1.54) is 12.3 Å². The van der Waals surface area contributed by atoms with Crippen LogP contribution in [0, 0.1) is 0 Å². The number of rotatable bonds is 7. The number of carbonyl (C=O) groups excluding carboxylic acids is 2.